The van der Waals surface area contributed by atoms with Gasteiger partial charge in [0.15, 0.2) is 0 Å². The van der Waals surface area contributed by atoms with E-state index in [4.69, 9.17) is 29.6 Å². The lowest BCUT2D eigenvalue weighted by molar-refractivity contribution is 0.783. The van der Waals surface area contributed by atoms with Crippen molar-refractivity contribution in [1.82, 2.24) is 15.0 Å². The summed E-state index contributed by atoms with van der Waals surface area (Å²) in [6.45, 7) is 0.734. The van der Waals surface area contributed by atoms with E-state index in [0.717, 1.165) is 25.8 Å². The number of unbranched alkanes of at least 4 members (excludes halogenated alkanes) is 2. The van der Waals surface area contributed by atoms with E-state index in [1.165, 1.54) is 0 Å². The van der Waals surface area contributed by atoms with Gasteiger partial charge in [-0.1, -0.05) is 0 Å². The molecule has 0 radical (unpaired) electrons. The molecule has 1 aromatic heterocycles. The smallest absolute Gasteiger partial charge is 0.228 e. The number of hydrogen-bond donors (Lipinski definition) is 1. The highest BCUT2D eigenvalue weighted by molar-refractivity contribution is 6.31. The number of aromatic nitrogens is 3. The van der Waals surface area contributed by atoms with Gasteiger partial charge in [0.05, 0.1) is 0 Å². The molecule has 0 atom stereocenters. The molecule has 0 unspecified atom stereocenters. The summed E-state index contributed by atoms with van der Waals surface area (Å²) in [4.78, 5) is 11.4. The predicted octanol–water partition coefficient (Wildman–Crippen LogP) is 2.39. The monoisotopic (exact) mass is 244 g/mol. The second-order valence-corrected chi connectivity index (χ2v) is 3.46. The van der Waals surface area contributed by atoms with Gasteiger partial charge < -0.3 is 5.32 Å². The maximum absolute atomic E-state index is 5.60. The third-order valence-corrected chi connectivity index (χ3v) is 1.95. The van der Waals surface area contributed by atoms with E-state index in [9.17, 15) is 0 Å². The summed E-state index contributed by atoms with van der Waals surface area (Å²) in [6, 6.07) is 0. The molecule has 0 aliphatic rings. The molecule has 0 amide bonds. The molecule has 0 bridgehead atoms. The van der Waals surface area contributed by atoms with Crippen LogP contribution in [0, 0.1) is 12.3 Å². The van der Waals surface area contributed by atoms with Crippen molar-refractivity contribution in [1.29, 1.82) is 0 Å². The average Bonchev–Trinajstić information content (AvgIpc) is 2.16. The van der Waals surface area contributed by atoms with Crippen LogP contribution in [0.3, 0.4) is 0 Å². The van der Waals surface area contributed by atoms with Crippen molar-refractivity contribution in [3.8, 4) is 12.3 Å². The number of nitrogens with zero attached hydrogens (tertiary/aromatic N) is 3. The van der Waals surface area contributed by atoms with E-state index in [1.807, 2.05) is 0 Å². The minimum atomic E-state index is 0.0844. The van der Waals surface area contributed by atoms with Gasteiger partial charge in [0, 0.05) is 13.0 Å². The maximum Gasteiger partial charge on any atom is 0.228 e. The van der Waals surface area contributed by atoms with Gasteiger partial charge in [-0.25, -0.2) is 0 Å². The number of terminal acetylenes is 1. The molecule has 1 rings (SSSR count). The fraction of sp³-hybridized carbons (Fsp3) is 0.444. The molecule has 6 heteroatoms. The van der Waals surface area contributed by atoms with Gasteiger partial charge >= 0.3 is 0 Å². The summed E-state index contributed by atoms with van der Waals surface area (Å²) in [6.07, 6.45) is 7.82. The standard InChI is InChI=1S/C9H10Cl2N4/c1-2-3-4-5-6-12-9-14-7(10)13-8(11)15-9/h1H,3-6H2,(H,12,13,14,15). The second-order valence-electron chi connectivity index (χ2n) is 2.79. The van der Waals surface area contributed by atoms with Crippen molar-refractivity contribution in [3.63, 3.8) is 0 Å². The zero-order valence-corrected chi connectivity index (χ0v) is 9.52. The predicted molar refractivity (Wildman–Crippen MR) is 61.0 cm³/mol. The molecule has 80 valence electrons. The van der Waals surface area contributed by atoms with Crippen molar-refractivity contribution in [2.45, 2.75) is 19.3 Å². The Hall–Kier alpha value is -1.05. The summed E-state index contributed by atoms with van der Waals surface area (Å²) in [5, 5.41) is 3.15. The van der Waals surface area contributed by atoms with Crippen LogP contribution < -0.4 is 5.32 Å². The third-order valence-electron chi connectivity index (χ3n) is 1.61. The Kier molecular flexibility index (Phi) is 5.16. The molecule has 1 N–H and O–H groups in total. The topological polar surface area (TPSA) is 50.7 Å². The first-order valence-corrected chi connectivity index (χ1v) is 5.22. The zero-order valence-electron chi connectivity index (χ0n) is 8.00. The molecule has 0 saturated heterocycles. The van der Waals surface area contributed by atoms with Crippen molar-refractivity contribution in [2.24, 2.45) is 0 Å². The Morgan fingerprint density at radius 1 is 1.13 bits per heavy atom. The maximum atomic E-state index is 5.60. The third kappa shape index (κ3) is 4.82. The Labute approximate surface area is 98.4 Å². The van der Waals surface area contributed by atoms with Crippen LogP contribution in [0.1, 0.15) is 19.3 Å². The molecule has 0 spiro atoms. The SMILES string of the molecule is C#CCCCCNc1nc(Cl)nc(Cl)n1. The quantitative estimate of drug-likeness (QED) is 0.639. The Bertz CT molecular complexity index is 341. The molecule has 1 heterocycles. The fourth-order valence-corrected chi connectivity index (χ4v) is 1.32. The number of halogens is 2. The Morgan fingerprint density at radius 2 is 1.80 bits per heavy atom. The van der Waals surface area contributed by atoms with Gasteiger partial charge in [0.2, 0.25) is 16.5 Å². The van der Waals surface area contributed by atoms with Crippen LogP contribution >= 0.6 is 23.2 Å². The largest absolute Gasteiger partial charge is 0.354 e. The van der Waals surface area contributed by atoms with Crippen LogP contribution in [0.2, 0.25) is 10.6 Å². The van der Waals surface area contributed by atoms with E-state index in [2.05, 4.69) is 26.2 Å². The number of nitrogens with one attached hydrogen (secondary N) is 1. The molecule has 0 aliphatic heterocycles. The molecule has 0 aromatic carbocycles. The molecule has 15 heavy (non-hydrogen) atoms. The Balaban J connectivity index is 2.34. The number of anilines is 1. The molecular weight excluding hydrogens is 235 g/mol. The van der Waals surface area contributed by atoms with Crippen LogP contribution in [0.4, 0.5) is 5.95 Å². The number of hydrogen-bond acceptors (Lipinski definition) is 4. The summed E-state index contributed by atoms with van der Waals surface area (Å²) in [5.74, 6) is 2.96. The van der Waals surface area contributed by atoms with Gasteiger partial charge in [0.25, 0.3) is 0 Å². The average molecular weight is 245 g/mol. The summed E-state index contributed by atoms with van der Waals surface area (Å²) < 4.78 is 0. The van der Waals surface area contributed by atoms with Gasteiger partial charge in [0.1, 0.15) is 0 Å². The fourth-order valence-electron chi connectivity index (χ4n) is 0.957. The summed E-state index contributed by atoms with van der Waals surface area (Å²) in [5.41, 5.74) is 0. The van der Waals surface area contributed by atoms with E-state index in [0.29, 0.717) is 5.95 Å². The first kappa shape index (κ1) is 12.0. The van der Waals surface area contributed by atoms with Crippen LogP contribution in [0.5, 0.6) is 0 Å². The van der Waals surface area contributed by atoms with E-state index in [-0.39, 0.29) is 10.6 Å². The normalized spacial score (nSPS) is 9.67. The first-order valence-electron chi connectivity index (χ1n) is 4.47. The van der Waals surface area contributed by atoms with Gasteiger partial charge in [-0.05, 0) is 36.0 Å². The molecule has 1 aromatic rings. The molecular formula is C9H10Cl2N4. The highest BCUT2D eigenvalue weighted by Gasteiger charge is 2.01. The van der Waals surface area contributed by atoms with E-state index < -0.39 is 0 Å². The van der Waals surface area contributed by atoms with Crippen molar-refractivity contribution in [2.75, 3.05) is 11.9 Å². The minimum absolute atomic E-state index is 0.0844. The molecule has 0 saturated carbocycles. The molecule has 4 nitrogen and oxygen atoms in total. The van der Waals surface area contributed by atoms with E-state index in [1.54, 1.807) is 0 Å². The van der Waals surface area contributed by atoms with Crippen LogP contribution in [0.25, 0.3) is 0 Å². The van der Waals surface area contributed by atoms with Crippen LogP contribution in [0.15, 0.2) is 0 Å². The van der Waals surface area contributed by atoms with Gasteiger partial charge in [-0.3, -0.25) is 0 Å². The van der Waals surface area contributed by atoms with Crippen molar-refractivity contribution >= 4 is 29.2 Å². The number of rotatable bonds is 5. The first-order chi connectivity index (χ1) is 7.22. The molecule has 0 fully saturated rings. The van der Waals surface area contributed by atoms with E-state index >= 15 is 0 Å². The summed E-state index contributed by atoms with van der Waals surface area (Å²) in [7, 11) is 0. The summed E-state index contributed by atoms with van der Waals surface area (Å²) >= 11 is 11.2. The van der Waals surface area contributed by atoms with Crippen molar-refractivity contribution < 1.29 is 0 Å². The highest BCUT2D eigenvalue weighted by Crippen LogP contribution is 2.09. The second kappa shape index (κ2) is 6.44. The van der Waals surface area contributed by atoms with Crippen LogP contribution in [-0.2, 0) is 0 Å². The highest BCUT2D eigenvalue weighted by atomic mass is 35.5. The van der Waals surface area contributed by atoms with Gasteiger partial charge in [-0.2, -0.15) is 15.0 Å². The Morgan fingerprint density at radius 3 is 2.40 bits per heavy atom. The lowest BCUT2D eigenvalue weighted by atomic mass is 10.2. The van der Waals surface area contributed by atoms with Crippen molar-refractivity contribution in [3.05, 3.63) is 10.6 Å². The minimum Gasteiger partial charge on any atom is -0.354 e. The lowest BCUT2D eigenvalue weighted by Gasteiger charge is -2.03. The molecule has 0 aliphatic carbocycles. The van der Waals surface area contributed by atoms with Gasteiger partial charge in [-0.15, -0.1) is 12.3 Å². The lowest BCUT2D eigenvalue weighted by Crippen LogP contribution is -2.06. The van der Waals surface area contributed by atoms with Crippen LogP contribution in [-0.4, -0.2) is 21.5 Å². The zero-order chi connectivity index (χ0) is 11.1.